The highest BCUT2D eigenvalue weighted by Crippen LogP contribution is 2.13. The molecule has 2 rings (SSSR count). The number of carbonyl (C=O) groups excluding carboxylic acids is 2. The summed E-state index contributed by atoms with van der Waals surface area (Å²) in [5.41, 5.74) is 0. The number of aliphatic hydroxyl groups is 1. The molecule has 2 heterocycles. The highest BCUT2D eigenvalue weighted by atomic mass is 16.5. The van der Waals surface area contributed by atoms with Gasteiger partial charge in [-0.15, -0.1) is 0 Å². The first-order valence-electron chi connectivity index (χ1n) is 6.86. The molecular weight excluding hydrogens is 248 g/mol. The molecule has 2 aliphatic heterocycles. The second-order valence-corrected chi connectivity index (χ2v) is 5.34. The normalized spacial score (nSPS) is 29.6. The van der Waals surface area contributed by atoms with Gasteiger partial charge in [-0.25, -0.2) is 0 Å². The Kier molecular flexibility index (Phi) is 4.90. The van der Waals surface area contributed by atoms with Crippen LogP contribution in [-0.4, -0.2) is 78.1 Å². The molecule has 1 amide bonds. The molecule has 6 heteroatoms. The van der Waals surface area contributed by atoms with Crippen molar-refractivity contribution in [2.75, 3.05) is 39.4 Å². The maximum absolute atomic E-state index is 12.2. The molecule has 1 N–H and O–H groups in total. The first-order chi connectivity index (χ1) is 9.10. The quantitative estimate of drug-likeness (QED) is 0.731. The number of morpholine rings is 1. The molecule has 2 atom stereocenters. The van der Waals surface area contributed by atoms with E-state index in [0.717, 1.165) is 0 Å². The van der Waals surface area contributed by atoms with E-state index in [9.17, 15) is 9.59 Å². The smallest absolute Gasteiger partial charge is 0.236 e. The molecule has 0 saturated carbocycles. The molecule has 19 heavy (non-hydrogen) atoms. The van der Waals surface area contributed by atoms with Gasteiger partial charge < -0.3 is 14.7 Å². The summed E-state index contributed by atoms with van der Waals surface area (Å²) in [5, 5.41) is 9.12. The van der Waals surface area contributed by atoms with Crippen molar-refractivity contribution in [3.05, 3.63) is 0 Å². The molecular formula is C13H22N2O4. The average molecular weight is 270 g/mol. The second kappa shape index (κ2) is 6.45. The minimum absolute atomic E-state index is 0.0182. The molecule has 0 spiro atoms. The molecule has 0 aromatic carbocycles. The van der Waals surface area contributed by atoms with Gasteiger partial charge in [0.2, 0.25) is 5.91 Å². The van der Waals surface area contributed by atoms with Crippen molar-refractivity contribution < 1.29 is 19.4 Å². The number of ketones is 1. The molecule has 2 fully saturated rings. The van der Waals surface area contributed by atoms with E-state index in [4.69, 9.17) is 9.84 Å². The number of hydrogen-bond donors (Lipinski definition) is 1. The molecule has 2 saturated heterocycles. The number of amides is 1. The minimum atomic E-state index is -0.202. The number of hydrogen-bond acceptors (Lipinski definition) is 5. The van der Waals surface area contributed by atoms with E-state index in [-0.39, 0.29) is 30.4 Å². The minimum Gasteiger partial charge on any atom is -0.394 e. The SMILES string of the molecule is CC1COC(CO)CN1CC(=O)N1CCC(=O)CC1. The first-order valence-corrected chi connectivity index (χ1v) is 6.86. The third-order valence-electron chi connectivity index (χ3n) is 3.85. The third-order valence-corrected chi connectivity index (χ3v) is 3.85. The molecule has 108 valence electrons. The number of Topliss-reactive ketones (excluding diaryl/α,β-unsaturated/α-hetero) is 1. The van der Waals surface area contributed by atoms with Crippen LogP contribution in [0.5, 0.6) is 0 Å². The molecule has 2 aliphatic rings. The van der Waals surface area contributed by atoms with Gasteiger partial charge in [-0.2, -0.15) is 0 Å². The van der Waals surface area contributed by atoms with E-state index in [2.05, 4.69) is 0 Å². The van der Waals surface area contributed by atoms with Gasteiger partial charge in [0.15, 0.2) is 0 Å². The molecule has 0 bridgehead atoms. The summed E-state index contributed by atoms with van der Waals surface area (Å²) in [6, 6.07) is 0.179. The van der Waals surface area contributed by atoms with E-state index in [1.807, 2.05) is 11.8 Å². The maximum atomic E-state index is 12.2. The van der Waals surface area contributed by atoms with Gasteiger partial charge in [0, 0.05) is 38.5 Å². The summed E-state index contributed by atoms with van der Waals surface area (Å²) in [7, 11) is 0. The van der Waals surface area contributed by atoms with Gasteiger partial charge in [0.25, 0.3) is 0 Å². The van der Waals surface area contributed by atoms with E-state index < -0.39 is 0 Å². The number of carbonyl (C=O) groups is 2. The Morgan fingerprint density at radius 3 is 2.74 bits per heavy atom. The van der Waals surface area contributed by atoms with Crippen LogP contribution in [-0.2, 0) is 14.3 Å². The Balaban J connectivity index is 1.85. The van der Waals surface area contributed by atoms with E-state index in [1.54, 1.807) is 4.90 Å². The fourth-order valence-electron chi connectivity index (χ4n) is 2.49. The van der Waals surface area contributed by atoms with Crippen molar-refractivity contribution >= 4 is 11.7 Å². The zero-order valence-corrected chi connectivity index (χ0v) is 11.4. The van der Waals surface area contributed by atoms with Gasteiger partial charge in [-0.3, -0.25) is 14.5 Å². The highest BCUT2D eigenvalue weighted by molar-refractivity contribution is 5.84. The number of likely N-dealkylation sites (tertiary alicyclic amines) is 1. The largest absolute Gasteiger partial charge is 0.394 e. The molecule has 0 aromatic rings. The van der Waals surface area contributed by atoms with Crippen molar-refractivity contribution in [3.63, 3.8) is 0 Å². The lowest BCUT2D eigenvalue weighted by atomic mass is 10.1. The zero-order chi connectivity index (χ0) is 13.8. The van der Waals surface area contributed by atoms with Gasteiger partial charge in [0.1, 0.15) is 5.78 Å². The number of aliphatic hydroxyl groups excluding tert-OH is 1. The summed E-state index contributed by atoms with van der Waals surface area (Å²) in [4.78, 5) is 27.2. The fourth-order valence-corrected chi connectivity index (χ4v) is 2.49. The Morgan fingerprint density at radius 2 is 2.11 bits per heavy atom. The summed E-state index contributed by atoms with van der Waals surface area (Å²) >= 11 is 0. The van der Waals surface area contributed by atoms with E-state index in [0.29, 0.717) is 45.6 Å². The number of piperidine rings is 1. The van der Waals surface area contributed by atoms with Crippen LogP contribution in [0.25, 0.3) is 0 Å². The molecule has 0 aliphatic carbocycles. The van der Waals surface area contributed by atoms with Crippen LogP contribution in [0.15, 0.2) is 0 Å². The second-order valence-electron chi connectivity index (χ2n) is 5.34. The monoisotopic (exact) mass is 270 g/mol. The topological polar surface area (TPSA) is 70.1 Å². The van der Waals surface area contributed by atoms with E-state index in [1.165, 1.54) is 0 Å². The summed E-state index contributed by atoms with van der Waals surface area (Å²) < 4.78 is 5.45. The predicted octanol–water partition coefficient (Wildman–Crippen LogP) is -0.740. The third kappa shape index (κ3) is 3.75. The first kappa shape index (κ1) is 14.4. The van der Waals surface area contributed by atoms with Crippen LogP contribution < -0.4 is 0 Å². The standard InChI is InChI=1S/C13H22N2O4/c1-10-9-19-12(8-16)6-15(10)7-13(18)14-4-2-11(17)3-5-14/h10,12,16H,2-9H2,1H3. The number of nitrogens with zero attached hydrogens (tertiary/aromatic N) is 2. The van der Waals surface area contributed by atoms with Crippen molar-refractivity contribution in [1.82, 2.24) is 9.80 Å². The van der Waals surface area contributed by atoms with E-state index >= 15 is 0 Å². The summed E-state index contributed by atoms with van der Waals surface area (Å²) in [6.07, 6.45) is 0.750. The van der Waals surface area contributed by atoms with Crippen molar-refractivity contribution in [1.29, 1.82) is 0 Å². The highest BCUT2D eigenvalue weighted by Gasteiger charge is 2.29. The van der Waals surface area contributed by atoms with Crippen LogP contribution in [0, 0.1) is 0 Å². The zero-order valence-electron chi connectivity index (χ0n) is 11.4. The summed E-state index contributed by atoms with van der Waals surface area (Å²) in [6.45, 7) is 4.54. The predicted molar refractivity (Wildman–Crippen MR) is 68.7 cm³/mol. The number of rotatable bonds is 3. The van der Waals surface area contributed by atoms with Gasteiger partial charge in [-0.05, 0) is 6.92 Å². The lowest BCUT2D eigenvalue weighted by Gasteiger charge is -2.38. The average Bonchev–Trinajstić information content (AvgIpc) is 2.42. The van der Waals surface area contributed by atoms with Gasteiger partial charge >= 0.3 is 0 Å². The molecule has 0 radical (unpaired) electrons. The lowest BCUT2D eigenvalue weighted by molar-refractivity contribution is -0.139. The number of ether oxygens (including phenoxy) is 1. The van der Waals surface area contributed by atoms with Crippen molar-refractivity contribution in [2.45, 2.75) is 31.9 Å². The van der Waals surface area contributed by atoms with Crippen molar-refractivity contribution in [2.24, 2.45) is 0 Å². The van der Waals surface area contributed by atoms with Gasteiger partial charge in [0.05, 0.1) is 25.9 Å². The van der Waals surface area contributed by atoms with Crippen LogP contribution in [0.1, 0.15) is 19.8 Å². The van der Waals surface area contributed by atoms with Crippen LogP contribution >= 0.6 is 0 Å². The van der Waals surface area contributed by atoms with Crippen molar-refractivity contribution in [3.8, 4) is 0 Å². The molecule has 6 nitrogen and oxygen atoms in total. The maximum Gasteiger partial charge on any atom is 0.236 e. The van der Waals surface area contributed by atoms with Gasteiger partial charge in [-0.1, -0.05) is 0 Å². The van der Waals surface area contributed by atoms with Crippen LogP contribution in [0.4, 0.5) is 0 Å². The lowest BCUT2D eigenvalue weighted by Crippen LogP contribution is -2.53. The Labute approximate surface area is 113 Å². The Bertz CT molecular complexity index is 338. The summed E-state index contributed by atoms with van der Waals surface area (Å²) in [5.74, 6) is 0.307. The van der Waals surface area contributed by atoms with Crippen LogP contribution in [0.3, 0.4) is 0 Å². The Hall–Kier alpha value is -0.980. The van der Waals surface area contributed by atoms with Crippen LogP contribution in [0.2, 0.25) is 0 Å². The fraction of sp³-hybridized carbons (Fsp3) is 0.846. The Morgan fingerprint density at radius 1 is 1.42 bits per heavy atom. The molecule has 2 unspecified atom stereocenters. The molecule has 0 aromatic heterocycles.